The van der Waals surface area contributed by atoms with Crippen LogP contribution in [-0.4, -0.2) is 77.2 Å². The number of carbonyl (C=O) groups is 4. The van der Waals surface area contributed by atoms with Crippen molar-refractivity contribution < 1.29 is 19.2 Å². The topological polar surface area (TPSA) is 90.0 Å². The molecule has 9 heteroatoms. The van der Waals surface area contributed by atoms with Gasteiger partial charge in [0.1, 0.15) is 12.6 Å². The molecule has 2 aliphatic rings. The second-order valence-electron chi connectivity index (χ2n) is 7.27. The van der Waals surface area contributed by atoms with Gasteiger partial charge in [0, 0.05) is 32.6 Å². The van der Waals surface area contributed by atoms with Crippen molar-refractivity contribution in [1.29, 1.82) is 0 Å². The summed E-state index contributed by atoms with van der Waals surface area (Å²) in [4.78, 5) is 54.9. The summed E-state index contributed by atoms with van der Waals surface area (Å²) < 4.78 is 0. The number of nitrogens with one attached hydrogen (secondary N) is 1. The molecule has 4 rings (SSSR count). The second-order valence-corrected chi connectivity index (χ2v) is 8.21. The third-order valence-corrected chi connectivity index (χ3v) is 6.19. The van der Waals surface area contributed by atoms with Crippen molar-refractivity contribution in [3.8, 4) is 0 Å². The first-order valence-electron chi connectivity index (χ1n) is 9.79. The second kappa shape index (κ2) is 8.66. The van der Waals surface area contributed by atoms with Crippen molar-refractivity contribution >= 4 is 35.1 Å². The lowest BCUT2D eigenvalue weighted by Gasteiger charge is -2.35. The molecule has 0 saturated carbocycles. The van der Waals surface area contributed by atoms with E-state index in [-0.39, 0.29) is 24.3 Å². The number of nitrogens with zero attached hydrogens (tertiary/aromatic N) is 3. The molecule has 1 atom stereocenters. The van der Waals surface area contributed by atoms with Crippen LogP contribution in [-0.2, 0) is 16.0 Å². The molecule has 0 aliphatic carbocycles. The van der Waals surface area contributed by atoms with Crippen LogP contribution >= 0.6 is 11.3 Å². The Morgan fingerprint density at radius 1 is 0.967 bits per heavy atom. The van der Waals surface area contributed by atoms with E-state index in [4.69, 9.17) is 0 Å². The van der Waals surface area contributed by atoms with Gasteiger partial charge in [-0.2, -0.15) is 0 Å². The van der Waals surface area contributed by atoms with Gasteiger partial charge in [-0.15, -0.1) is 11.3 Å². The van der Waals surface area contributed by atoms with Gasteiger partial charge in [-0.05, 0) is 17.0 Å². The highest BCUT2D eigenvalue weighted by atomic mass is 32.1. The SMILES string of the molecule is O=C(CN1C(=O)N[C@H](Cc2ccccc2)C1=O)N1CCN(C(=O)c2cccs2)CC1. The minimum atomic E-state index is -0.659. The molecule has 2 fully saturated rings. The van der Waals surface area contributed by atoms with Gasteiger partial charge in [0.05, 0.1) is 4.88 Å². The Bertz CT molecular complexity index is 939. The Balaban J connectivity index is 1.30. The summed E-state index contributed by atoms with van der Waals surface area (Å²) >= 11 is 1.39. The molecule has 0 bridgehead atoms. The van der Waals surface area contributed by atoms with Crippen LogP contribution in [0.2, 0.25) is 0 Å². The summed E-state index contributed by atoms with van der Waals surface area (Å²) in [6, 6.07) is 11.8. The summed E-state index contributed by atoms with van der Waals surface area (Å²) in [6.45, 7) is 1.34. The number of thiophene rings is 1. The van der Waals surface area contributed by atoms with Gasteiger partial charge >= 0.3 is 6.03 Å². The van der Waals surface area contributed by atoms with Crippen LogP contribution in [0.1, 0.15) is 15.2 Å². The average Bonchev–Trinajstić information content (AvgIpc) is 3.39. The van der Waals surface area contributed by atoms with Crippen LogP contribution in [0.5, 0.6) is 0 Å². The van der Waals surface area contributed by atoms with Crippen LogP contribution in [0.15, 0.2) is 47.8 Å². The first-order valence-corrected chi connectivity index (χ1v) is 10.7. The molecule has 1 aromatic carbocycles. The largest absolute Gasteiger partial charge is 0.338 e. The molecule has 5 amide bonds. The van der Waals surface area contributed by atoms with Crippen LogP contribution in [0.3, 0.4) is 0 Å². The summed E-state index contributed by atoms with van der Waals surface area (Å²) in [5.41, 5.74) is 0.941. The number of hydrogen-bond acceptors (Lipinski definition) is 5. The molecule has 2 aliphatic heterocycles. The maximum absolute atomic E-state index is 12.7. The molecule has 2 saturated heterocycles. The first-order chi connectivity index (χ1) is 14.5. The van der Waals surface area contributed by atoms with Gasteiger partial charge in [0.25, 0.3) is 11.8 Å². The van der Waals surface area contributed by atoms with E-state index < -0.39 is 12.1 Å². The lowest BCUT2D eigenvalue weighted by Crippen LogP contribution is -2.53. The van der Waals surface area contributed by atoms with E-state index in [1.165, 1.54) is 11.3 Å². The van der Waals surface area contributed by atoms with E-state index in [9.17, 15) is 19.2 Å². The Labute approximate surface area is 178 Å². The molecular formula is C21H22N4O4S. The smallest absolute Gasteiger partial charge is 0.325 e. The van der Waals surface area contributed by atoms with Gasteiger partial charge in [0.2, 0.25) is 5.91 Å². The zero-order valence-corrected chi connectivity index (χ0v) is 17.1. The molecule has 8 nitrogen and oxygen atoms in total. The predicted molar refractivity (Wildman–Crippen MR) is 111 cm³/mol. The number of carbonyl (C=O) groups excluding carboxylic acids is 4. The summed E-state index contributed by atoms with van der Waals surface area (Å²) in [5.74, 6) is -0.708. The van der Waals surface area contributed by atoms with Crippen molar-refractivity contribution in [2.75, 3.05) is 32.7 Å². The number of piperazine rings is 1. The van der Waals surface area contributed by atoms with E-state index >= 15 is 0 Å². The average molecular weight is 426 g/mol. The number of imide groups is 1. The number of urea groups is 1. The fourth-order valence-electron chi connectivity index (χ4n) is 3.67. The van der Waals surface area contributed by atoms with E-state index in [0.717, 1.165) is 10.5 Å². The van der Waals surface area contributed by atoms with Crippen LogP contribution in [0.4, 0.5) is 4.79 Å². The summed E-state index contributed by atoms with van der Waals surface area (Å²) in [7, 11) is 0. The van der Waals surface area contributed by atoms with Gasteiger partial charge < -0.3 is 15.1 Å². The Morgan fingerprint density at radius 3 is 2.33 bits per heavy atom. The van der Waals surface area contributed by atoms with E-state index in [1.807, 2.05) is 41.8 Å². The van der Waals surface area contributed by atoms with Crippen LogP contribution in [0.25, 0.3) is 0 Å². The molecule has 156 valence electrons. The molecule has 1 aromatic heterocycles. The molecule has 2 aromatic rings. The molecule has 30 heavy (non-hydrogen) atoms. The van der Waals surface area contributed by atoms with Gasteiger partial charge in [-0.1, -0.05) is 36.4 Å². The van der Waals surface area contributed by atoms with Crippen LogP contribution < -0.4 is 5.32 Å². The number of benzene rings is 1. The minimum Gasteiger partial charge on any atom is -0.338 e. The predicted octanol–water partition coefficient (Wildman–Crippen LogP) is 1.20. The zero-order valence-electron chi connectivity index (χ0n) is 16.3. The highest BCUT2D eigenvalue weighted by molar-refractivity contribution is 7.12. The quantitative estimate of drug-likeness (QED) is 0.728. The van der Waals surface area contributed by atoms with E-state index in [0.29, 0.717) is 37.5 Å². The highest BCUT2D eigenvalue weighted by Gasteiger charge is 2.39. The van der Waals surface area contributed by atoms with Crippen molar-refractivity contribution in [1.82, 2.24) is 20.0 Å². The number of hydrogen-bond donors (Lipinski definition) is 1. The van der Waals surface area contributed by atoms with Gasteiger partial charge in [-0.3, -0.25) is 19.3 Å². The molecular weight excluding hydrogens is 404 g/mol. The third kappa shape index (κ3) is 4.20. The Morgan fingerprint density at radius 2 is 1.67 bits per heavy atom. The third-order valence-electron chi connectivity index (χ3n) is 5.33. The summed E-state index contributed by atoms with van der Waals surface area (Å²) in [5, 5.41) is 4.52. The lowest BCUT2D eigenvalue weighted by molar-refractivity contribution is -0.138. The summed E-state index contributed by atoms with van der Waals surface area (Å²) in [6.07, 6.45) is 0.389. The molecule has 0 spiro atoms. The maximum Gasteiger partial charge on any atom is 0.325 e. The minimum absolute atomic E-state index is 0.0325. The maximum atomic E-state index is 12.7. The fraction of sp³-hybridized carbons (Fsp3) is 0.333. The van der Waals surface area contributed by atoms with Crippen molar-refractivity contribution in [3.63, 3.8) is 0 Å². The molecule has 3 heterocycles. The zero-order chi connectivity index (χ0) is 21.1. The van der Waals surface area contributed by atoms with Crippen LogP contribution in [0, 0.1) is 0 Å². The Hall–Kier alpha value is -3.20. The lowest BCUT2D eigenvalue weighted by atomic mass is 10.1. The highest BCUT2D eigenvalue weighted by Crippen LogP contribution is 2.15. The van der Waals surface area contributed by atoms with E-state index in [1.54, 1.807) is 15.9 Å². The molecule has 0 unspecified atom stereocenters. The molecule has 1 N–H and O–H groups in total. The number of amides is 5. The Kier molecular flexibility index (Phi) is 5.80. The fourth-order valence-corrected chi connectivity index (χ4v) is 4.36. The van der Waals surface area contributed by atoms with E-state index in [2.05, 4.69) is 5.32 Å². The number of rotatable bonds is 5. The standard InChI is InChI=1S/C21H22N4O4S/c26-18(23-8-10-24(11-9-23)20(28)17-7-4-12-30-17)14-25-19(27)16(22-21(25)29)13-15-5-2-1-3-6-15/h1-7,12,16H,8-11,13-14H2,(H,22,29)/t16-/m1/s1. The van der Waals surface area contributed by atoms with Crippen molar-refractivity contribution in [2.24, 2.45) is 0 Å². The van der Waals surface area contributed by atoms with Gasteiger partial charge in [-0.25, -0.2) is 4.79 Å². The van der Waals surface area contributed by atoms with Gasteiger partial charge in [0.15, 0.2) is 0 Å². The van der Waals surface area contributed by atoms with Crippen molar-refractivity contribution in [3.05, 3.63) is 58.3 Å². The normalized spacial score (nSPS) is 19.2. The first kappa shape index (κ1) is 20.1. The monoisotopic (exact) mass is 426 g/mol. The molecule has 0 radical (unpaired) electrons. The van der Waals surface area contributed by atoms with Crippen molar-refractivity contribution in [2.45, 2.75) is 12.5 Å².